The maximum absolute atomic E-state index is 12.1. The van der Waals surface area contributed by atoms with Gasteiger partial charge in [0.05, 0.1) is 0 Å². The van der Waals surface area contributed by atoms with Gasteiger partial charge in [0.1, 0.15) is 5.78 Å². The third kappa shape index (κ3) is 5.18. The Kier molecular flexibility index (Phi) is 7.43. The minimum atomic E-state index is 0.361. The van der Waals surface area contributed by atoms with Crippen molar-refractivity contribution in [2.45, 2.75) is 61.8 Å². The normalized spacial score (nSPS) is 24.2. The minimum Gasteiger partial charge on any atom is -0.300 e. The quantitative estimate of drug-likeness (QED) is 0.469. The Morgan fingerprint density at radius 3 is 2.61 bits per heavy atom. The largest absolute Gasteiger partial charge is 0.300 e. The standard InChI is InChI=1S/C27H34ClN3OS/c28-25-18-19-4-3-5-22(32)17-21(19)16-20(25)10-11-30-12-14-31(15-13-30)26-9-8-23(26)24-6-1-2-7-27(24)33-29/h1-2,6-7,16,18,23,26H,3-5,8-15,17,29H2. The number of carbonyl (C=O) groups is 1. The summed E-state index contributed by atoms with van der Waals surface area (Å²) in [7, 11) is 0. The van der Waals surface area contributed by atoms with E-state index in [9.17, 15) is 4.79 Å². The number of benzene rings is 2. The summed E-state index contributed by atoms with van der Waals surface area (Å²) < 4.78 is 0. The molecule has 2 unspecified atom stereocenters. The lowest BCUT2D eigenvalue weighted by Gasteiger charge is -2.48. The summed E-state index contributed by atoms with van der Waals surface area (Å²) in [5.74, 6) is 0.977. The molecule has 2 aromatic carbocycles. The van der Waals surface area contributed by atoms with Gasteiger partial charge in [0.15, 0.2) is 0 Å². The molecule has 1 heterocycles. The first-order valence-electron chi connectivity index (χ1n) is 12.4. The van der Waals surface area contributed by atoms with Crippen LogP contribution in [0.5, 0.6) is 0 Å². The van der Waals surface area contributed by atoms with Crippen LogP contribution < -0.4 is 5.14 Å². The Hall–Kier alpha value is -1.37. The molecule has 33 heavy (non-hydrogen) atoms. The Labute approximate surface area is 207 Å². The van der Waals surface area contributed by atoms with Crippen LogP contribution in [0.2, 0.25) is 5.02 Å². The van der Waals surface area contributed by atoms with E-state index in [0.717, 1.165) is 57.0 Å². The number of fused-ring (bicyclic) bond motifs is 1. The van der Waals surface area contributed by atoms with Gasteiger partial charge in [-0.05, 0) is 78.4 Å². The first-order valence-corrected chi connectivity index (χ1v) is 13.6. The van der Waals surface area contributed by atoms with Gasteiger partial charge in [-0.15, -0.1) is 0 Å². The van der Waals surface area contributed by atoms with Crippen molar-refractivity contribution in [2.24, 2.45) is 5.14 Å². The molecule has 3 aliphatic rings. The molecule has 176 valence electrons. The van der Waals surface area contributed by atoms with Gasteiger partial charge in [-0.25, -0.2) is 0 Å². The van der Waals surface area contributed by atoms with Crippen LogP contribution in [-0.2, 0) is 24.1 Å². The second-order valence-corrected chi connectivity index (χ2v) is 10.9. The molecule has 0 spiro atoms. The van der Waals surface area contributed by atoms with Crippen LogP contribution in [0.3, 0.4) is 0 Å². The average molecular weight is 484 g/mol. The number of piperazine rings is 1. The molecule has 2 aliphatic carbocycles. The van der Waals surface area contributed by atoms with Gasteiger partial charge < -0.3 is 4.90 Å². The van der Waals surface area contributed by atoms with E-state index in [-0.39, 0.29) is 0 Å². The van der Waals surface area contributed by atoms with E-state index in [2.05, 4.69) is 46.2 Å². The molecule has 2 atom stereocenters. The highest BCUT2D eigenvalue weighted by Gasteiger charge is 2.38. The van der Waals surface area contributed by atoms with E-state index >= 15 is 0 Å². The fourth-order valence-electron chi connectivity index (χ4n) is 5.85. The van der Waals surface area contributed by atoms with Crippen LogP contribution in [0.25, 0.3) is 0 Å². The zero-order chi connectivity index (χ0) is 22.8. The molecule has 1 aliphatic heterocycles. The molecule has 5 rings (SSSR count). The molecule has 6 heteroatoms. The number of Topliss-reactive ketones (excluding diaryl/α,β-unsaturated/α-hetero) is 1. The number of nitrogens with two attached hydrogens (primary N) is 1. The lowest BCUT2D eigenvalue weighted by atomic mass is 9.74. The van der Waals surface area contributed by atoms with Gasteiger partial charge in [-0.2, -0.15) is 0 Å². The third-order valence-electron chi connectivity index (χ3n) is 7.91. The number of hydrogen-bond acceptors (Lipinski definition) is 5. The van der Waals surface area contributed by atoms with Crippen molar-refractivity contribution in [3.05, 3.63) is 63.7 Å². The molecular weight excluding hydrogens is 450 g/mol. The first kappa shape index (κ1) is 23.4. The zero-order valence-electron chi connectivity index (χ0n) is 19.3. The Balaban J connectivity index is 1.15. The molecule has 1 saturated carbocycles. The predicted molar refractivity (Wildman–Crippen MR) is 137 cm³/mol. The summed E-state index contributed by atoms with van der Waals surface area (Å²) in [5, 5.41) is 6.79. The monoisotopic (exact) mass is 483 g/mol. The SMILES string of the molecule is NSc1ccccc1C1CCC1N1CCN(CCc2cc3c(cc2Cl)CCCC(=O)C3)CC1. The lowest BCUT2D eigenvalue weighted by Crippen LogP contribution is -2.55. The van der Waals surface area contributed by atoms with Gasteiger partial charge in [0.2, 0.25) is 0 Å². The summed E-state index contributed by atoms with van der Waals surface area (Å²) in [6, 6.07) is 13.6. The molecule has 1 saturated heterocycles. The molecular formula is C27H34ClN3OS. The number of nitrogens with zero attached hydrogens (tertiary/aromatic N) is 2. The fourth-order valence-corrected chi connectivity index (χ4v) is 6.64. The molecule has 2 aromatic rings. The smallest absolute Gasteiger partial charge is 0.137 e. The van der Waals surface area contributed by atoms with Crippen LogP contribution >= 0.6 is 23.5 Å². The van der Waals surface area contributed by atoms with Gasteiger partial charge in [0.25, 0.3) is 0 Å². The maximum atomic E-state index is 12.1. The molecule has 0 bridgehead atoms. The van der Waals surface area contributed by atoms with E-state index in [1.165, 1.54) is 51.9 Å². The Bertz CT molecular complexity index is 1000. The van der Waals surface area contributed by atoms with Crippen LogP contribution in [0.4, 0.5) is 0 Å². The summed E-state index contributed by atoms with van der Waals surface area (Å²) >= 11 is 8.02. The van der Waals surface area contributed by atoms with Crippen LogP contribution in [-0.4, -0.2) is 54.3 Å². The van der Waals surface area contributed by atoms with E-state index in [1.54, 1.807) is 0 Å². The number of carbonyl (C=O) groups excluding carboxylic acids is 1. The van der Waals surface area contributed by atoms with E-state index in [0.29, 0.717) is 30.6 Å². The van der Waals surface area contributed by atoms with Crippen LogP contribution in [0, 0.1) is 0 Å². The van der Waals surface area contributed by atoms with E-state index < -0.39 is 0 Å². The lowest BCUT2D eigenvalue weighted by molar-refractivity contribution is -0.118. The molecule has 0 amide bonds. The molecule has 2 N–H and O–H groups in total. The van der Waals surface area contributed by atoms with Crippen molar-refractivity contribution < 1.29 is 4.79 Å². The number of rotatable bonds is 6. The first-order chi connectivity index (χ1) is 16.1. The molecule has 0 radical (unpaired) electrons. The topological polar surface area (TPSA) is 49.6 Å². The van der Waals surface area contributed by atoms with Gasteiger partial charge in [-0.1, -0.05) is 35.9 Å². The van der Waals surface area contributed by atoms with Crippen molar-refractivity contribution in [1.29, 1.82) is 0 Å². The summed E-state index contributed by atoms with van der Waals surface area (Å²) in [6.45, 7) is 5.51. The third-order valence-corrected chi connectivity index (χ3v) is 8.89. The molecule has 0 aromatic heterocycles. The van der Waals surface area contributed by atoms with Crippen molar-refractivity contribution in [2.75, 3.05) is 32.7 Å². The summed E-state index contributed by atoms with van der Waals surface area (Å²) in [5.41, 5.74) is 5.10. The maximum Gasteiger partial charge on any atom is 0.137 e. The number of hydrogen-bond donors (Lipinski definition) is 1. The van der Waals surface area contributed by atoms with E-state index in [1.807, 2.05) is 0 Å². The van der Waals surface area contributed by atoms with Crippen molar-refractivity contribution in [3.8, 4) is 0 Å². The van der Waals surface area contributed by atoms with Crippen LogP contribution in [0.15, 0.2) is 41.3 Å². The number of halogens is 1. The second kappa shape index (κ2) is 10.5. The number of aryl methyl sites for hydroxylation is 1. The van der Waals surface area contributed by atoms with Gasteiger partial charge in [0, 0.05) is 67.4 Å². The van der Waals surface area contributed by atoms with Crippen molar-refractivity contribution in [3.63, 3.8) is 0 Å². The average Bonchev–Trinajstić information content (AvgIpc) is 2.98. The van der Waals surface area contributed by atoms with Crippen molar-refractivity contribution >= 4 is 29.3 Å². The number of ketones is 1. The van der Waals surface area contributed by atoms with Crippen LogP contribution in [0.1, 0.15) is 53.9 Å². The minimum absolute atomic E-state index is 0.361. The van der Waals surface area contributed by atoms with Gasteiger partial charge >= 0.3 is 0 Å². The highest BCUT2D eigenvalue weighted by Crippen LogP contribution is 2.43. The zero-order valence-corrected chi connectivity index (χ0v) is 20.8. The van der Waals surface area contributed by atoms with Crippen molar-refractivity contribution in [1.82, 2.24) is 9.80 Å². The summed E-state index contributed by atoms with van der Waals surface area (Å²) in [4.78, 5) is 18.6. The highest BCUT2D eigenvalue weighted by atomic mass is 35.5. The summed E-state index contributed by atoms with van der Waals surface area (Å²) in [6.07, 6.45) is 6.70. The van der Waals surface area contributed by atoms with Gasteiger partial charge in [-0.3, -0.25) is 14.8 Å². The Morgan fingerprint density at radius 1 is 1.03 bits per heavy atom. The Morgan fingerprint density at radius 2 is 1.85 bits per heavy atom. The highest BCUT2D eigenvalue weighted by molar-refractivity contribution is 7.97. The molecule has 4 nitrogen and oxygen atoms in total. The predicted octanol–water partition coefficient (Wildman–Crippen LogP) is 4.86. The van der Waals surface area contributed by atoms with E-state index in [4.69, 9.17) is 16.7 Å². The second-order valence-electron chi connectivity index (χ2n) is 9.82. The molecule has 2 fully saturated rings. The fraction of sp³-hybridized carbons (Fsp3) is 0.519.